The van der Waals surface area contributed by atoms with E-state index in [1.807, 2.05) is 13.8 Å². The zero-order valence-electron chi connectivity index (χ0n) is 12.3. The van der Waals surface area contributed by atoms with Gasteiger partial charge in [0.05, 0.1) is 6.33 Å². The average molecular weight is 304 g/mol. The molecule has 118 valence electrons. The second kappa shape index (κ2) is 5.57. The van der Waals surface area contributed by atoms with Crippen LogP contribution in [-0.2, 0) is 18.0 Å². The Hall–Kier alpha value is -1.73. The second-order valence-electron chi connectivity index (χ2n) is 5.49. The van der Waals surface area contributed by atoms with E-state index in [0.717, 1.165) is 0 Å². The molecule has 8 heteroatoms. The first-order chi connectivity index (χ1) is 9.71. The van der Waals surface area contributed by atoms with Crippen LogP contribution in [0.1, 0.15) is 19.5 Å². The van der Waals surface area contributed by atoms with Gasteiger partial charge in [-0.2, -0.15) is 13.2 Å². The Morgan fingerprint density at radius 1 is 1.24 bits per heavy atom. The van der Waals surface area contributed by atoms with Gasteiger partial charge in [-0.3, -0.25) is 4.79 Å². The molecule has 0 saturated carbocycles. The molecule has 1 fully saturated rings. The van der Waals surface area contributed by atoms with Crippen LogP contribution in [0.4, 0.5) is 19.0 Å². The number of aryl methyl sites for hydroxylation is 1. The molecule has 0 aromatic carbocycles. The SMILES string of the molecule is CC(C)C(=O)N1CCN(c2c(C(F)(F)F)ncn2C)CC1. The van der Waals surface area contributed by atoms with Crippen LogP contribution in [0.25, 0.3) is 0 Å². The zero-order chi connectivity index (χ0) is 15.8. The van der Waals surface area contributed by atoms with E-state index in [9.17, 15) is 18.0 Å². The molecule has 1 amide bonds. The lowest BCUT2D eigenvalue weighted by Crippen LogP contribution is -2.50. The Bertz CT molecular complexity index is 516. The molecule has 0 atom stereocenters. The summed E-state index contributed by atoms with van der Waals surface area (Å²) in [6.07, 6.45) is -3.30. The van der Waals surface area contributed by atoms with Gasteiger partial charge in [0.2, 0.25) is 5.91 Å². The summed E-state index contributed by atoms with van der Waals surface area (Å²) in [5.41, 5.74) is -0.867. The van der Waals surface area contributed by atoms with Crippen LogP contribution < -0.4 is 4.90 Å². The van der Waals surface area contributed by atoms with Crippen molar-refractivity contribution in [1.82, 2.24) is 14.5 Å². The van der Waals surface area contributed by atoms with Crippen LogP contribution in [0.15, 0.2) is 6.33 Å². The van der Waals surface area contributed by atoms with E-state index in [-0.39, 0.29) is 17.6 Å². The number of rotatable bonds is 2. The third-order valence-electron chi connectivity index (χ3n) is 3.56. The maximum absolute atomic E-state index is 13.0. The van der Waals surface area contributed by atoms with Crippen molar-refractivity contribution in [3.63, 3.8) is 0 Å². The molecule has 1 aliphatic heterocycles. The van der Waals surface area contributed by atoms with Crippen molar-refractivity contribution in [2.75, 3.05) is 31.1 Å². The zero-order valence-corrected chi connectivity index (χ0v) is 12.3. The van der Waals surface area contributed by atoms with E-state index in [1.54, 1.807) is 16.8 Å². The Morgan fingerprint density at radius 2 is 1.81 bits per heavy atom. The number of carbonyl (C=O) groups is 1. The van der Waals surface area contributed by atoms with Crippen molar-refractivity contribution in [1.29, 1.82) is 0 Å². The van der Waals surface area contributed by atoms with E-state index in [4.69, 9.17) is 0 Å². The van der Waals surface area contributed by atoms with Gasteiger partial charge in [-0.1, -0.05) is 13.8 Å². The van der Waals surface area contributed by atoms with Crippen LogP contribution >= 0.6 is 0 Å². The number of hydrogen-bond acceptors (Lipinski definition) is 3. The normalized spacial score (nSPS) is 16.7. The van der Waals surface area contributed by atoms with Gasteiger partial charge in [0, 0.05) is 39.1 Å². The summed E-state index contributed by atoms with van der Waals surface area (Å²) in [6, 6.07) is 0. The molecule has 0 N–H and O–H groups in total. The highest BCUT2D eigenvalue weighted by Gasteiger charge is 2.39. The van der Waals surface area contributed by atoms with Crippen LogP contribution in [0, 0.1) is 5.92 Å². The largest absolute Gasteiger partial charge is 0.437 e. The molecule has 0 bridgehead atoms. The summed E-state index contributed by atoms with van der Waals surface area (Å²) in [7, 11) is 1.54. The quantitative estimate of drug-likeness (QED) is 0.836. The highest BCUT2D eigenvalue weighted by atomic mass is 19.4. The van der Waals surface area contributed by atoms with Gasteiger partial charge in [0.25, 0.3) is 0 Å². The van der Waals surface area contributed by atoms with Gasteiger partial charge in [-0.25, -0.2) is 4.98 Å². The predicted molar refractivity (Wildman–Crippen MR) is 71.8 cm³/mol. The molecule has 2 rings (SSSR count). The van der Waals surface area contributed by atoms with Gasteiger partial charge >= 0.3 is 6.18 Å². The summed E-state index contributed by atoms with van der Waals surface area (Å²) >= 11 is 0. The molecule has 0 spiro atoms. The number of anilines is 1. The van der Waals surface area contributed by atoms with Crippen LogP contribution in [0.3, 0.4) is 0 Å². The number of aromatic nitrogens is 2. The topological polar surface area (TPSA) is 41.4 Å². The van der Waals surface area contributed by atoms with Gasteiger partial charge in [-0.05, 0) is 0 Å². The lowest BCUT2D eigenvalue weighted by atomic mass is 10.1. The lowest BCUT2D eigenvalue weighted by Gasteiger charge is -2.37. The first kappa shape index (κ1) is 15.7. The fraction of sp³-hybridized carbons (Fsp3) is 0.692. The Balaban J connectivity index is 2.13. The summed E-state index contributed by atoms with van der Waals surface area (Å²) < 4.78 is 40.3. The van der Waals surface area contributed by atoms with E-state index in [1.165, 1.54) is 10.9 Å². The molecule has 1 aromatic heterocycles. The first-order valence-corrected chi connectivity index (χ1v) is 6.84. The second-order valence-corrected chi connectivity index (χ2v) is 5.49. The standard InChI is InChI=1S/C13H19F3N4O/c1-9(2)12(21)20-6-4-19(5-7-20)11-10(13(14,15)16)17-8-18(11)3/h8-9H,4-7H2,1-3H3. The van der Waals surface area contributed by atoms with Crippen LogP contribution in [-0.4, -0.2) is 46.5 Å². The van der Waals surface area contributed by atoms with Gasteiger partial charge in [0.1, 0.15) is 5.82 Å². The number of nitrogens with zero attached hydrogens (tertiary/aromatic N) is 4. The van der Waals surface area contributed by atoms with Crippen molar-refractivity contribution < 1.29 is 18.0 Å². The summed E-state index contributed by atoms with van der Waals surface area (Å²) in [5.74, 6) is 0.00818. The number of hydrogen-bond donors (Lipinski definition) is 0. The maximum atomic E-state index is 13.0. The van der Waals surface area contributed by atoms with Crippen molar-refractivity contribution in [2.24, 2.45) is 13.0 Å². The fourth-order valence-electron chi connectivity index (χ4n) is 2.50. The molecule has 5 nitrogen and oxygen atoms in total. The molecular formula is C13H19F3N4O. The molecule has 1 aliphatic rings. The van der Waals surface area contributed by atoms with E-state index in [0.29, 0.717) is 26.2 Å². The molecule has 2 heterocycles. The smallest absolute Gasteiger partial charge is 0.353 e. The van der Waals surface area contributed by atoms with Gasteiger partial charge in [0.15, 0.2) is 5.69 Å². The molecule has 0 unspecified atom stereocenters. The van der Waals surface area contributed by atoms with Crippen LogP contribution in [0.2, 0.25) is 0 Å². The Labute approximate surface area is 121 Å². The monoisotopic (exact) mass is 304 g/mol. The van der Waals surface area contributed by atoms with Crippen molar-refractivity contribution in [3.8, 4) is 0 Å². The number of carbonyl (C=O) groups excluding carboxylic acids is 1. The Morgan fingerprint density at radius 3 is 2.29 bits per heavy atom. The van der Waals surface area contributed by atoms with E-state index < -0.39 is 11.9 Å². The third-order valence-corrected chi connectivity index (χ3v) is 3.56. The molecule has 0 aliphatic carbocycles. The number of halogens is 3. The molecule has 21 heavy (non-hydrogen) atoms. The summed E-state index contributed by atoms with van der Waals surface area (Å²) in [4.78, 5) is 18.7. The van der Waals surface area contributed by atoms with Crippen LogP contribution in [0.5, 0.6) is 0 Å². The minimum Gasteiger partial charge on any atom is -0.353 e. The lowest BCUT2D eigenvalue weighted by molar-refractivity contribution is -0.140. The molecule has 1 saturated heterocycles. The summed E-state index contributed by atoms with van der Waals surface area (Å²) in [5, 5.41) is 0. The molecular weight excluding hydrogens is 285 g/mol. The highest BCUT2D eigenvalue weighted by molar-refractivity contribution is 5.78. The third kappa shape index (κ3) is 3.14. The highest BCUT2D eigenvalue weighted by Crippen LogP contribution is 2.35. The fourth-order valence-corrected chi connectivity index (χ4v) is 2.50. The van der Waals surface area contributed by atoms with Crippen molar-refractivity contribution in [2.45, 2.75) is 20.0 Å². The molecule has 0 radical (unpaired) electrons. The number of alkyl halides is 3. The maximum Gasteiger partial charge on any atom is 0.437 e. The van der Waals surface area contributed by atoms with Crippen molar-refractivity contribution in [3.05, 3.63) is 12.0 Å². The molecule has 1 aromatic rings. The predicted octanol–water partition coefficient (Wildman–Crippen LogP) is 1.74. The minimum atomic E-state index is -4.47. The van der Waals surface area contributed by atoms with E-state index in [2.05, 4.69) is 4.98 Å². The van der Waals surface area contributed by atoms with E-state index >= 15 is 0 Å². The average Bonchev–Trinajstić information content (AvgIpc) is 2.80. The minimum absolute atomic E-state index is 0.0377. The first-order valence-electron chi connectivity index (χ1n) is 6.84. The van der Waals surface area contributed by atoms with Gasteiger partial charge in [-0.15, -0.1) is 0 Å². The number of amides is 1. The number of imidazole rings is 1. The van der Waals surface area contributed by atoms with Gasteiger partial charge < -0.3 is 14.4 Å². The van der Waals surface area contributed by atoms with Crippen molar-refractivity contribution >= 4 is 11.7 Å². The summed E-state index contributed by atoms with van der Waals surface area (Å²) in [6.45, 7) is 5.25. The number of piperazine rings is 1. The Kier molecular flexibility index (Phi) is 4.15.